The van der Waals surface area contributed by atoms with Gasteiger partial charge in [-0.15, -0.1) is 0 Å². The second-order valence-corrected chi connectivity index (χ2v) is 4.94. The average Bonchev–Trinajstić information content (AvgIpc) is 2.30. The summed E-state index contributed by atoms with van der Waals surface area (Å²) >= 11 is 5.94. The summed E-state index contributed by atoms with van der Waals surface area (Å²) in [5, 5.41) is 3.38. The predicted molar refractivity (Wildman–Crippen MR) is 69.0 cm³/mol. The molecule has 2 nitrogen and oxygen atoms in total. The molecule has 0 saturated heterocycles. The normalized spacial score (nSPS) is 13.8. The van der Waals surface area contributed by atoms with Gasteiger partial charge in [0.25, 0.3) is 0 Å². The molecule has 1 atom stereocenters. The Morgan fingerprint density at radius 2 is 2.12 bits per heavy atom. The predicted octanol–water partition coefficient (Wildman–Crippen LogP) is 3.03. The van der Waals surface area contributed by atoms with Crippen molar-refractivity contribution in [3.8, 4) is 0 Å². The number of hydrogen-bond acceptors (Lipinski definition) is 2. The zero-order valence-corrected chi connectivity index (χ0v) is 11.4. The molecule has 0 aromatic heterocycles. The van der Waals surface area contributed by atoms with Gasteiger partial charge in [0.2, 0.25) is 0 Å². The molecular formula is C13H19ClFNO. The van der Waals surface area contributed by atoms with Gasteiger partial charge in [0.05, 0.1) is 10.6 Å². The molecule has 4 heteroatoms. The Morgan fingerprint density at radius 3 is 2.65 bits per heavy atom. The number of benzene rings is 1. The number of nitrogens with one attached hydrogen (secondary N) is 1. The maximum atomic E-state index is 13.3. The van der Waals surface area contributed by atoms with Gasteiger partial charge in [0.1, 0.15) is 5.82 Å². The fourth-order valence-corrected chi connectivity index (χ4v) is 1.97. The van der Waals surface area contributed by atoms with Crippen LogP contribution < -0.4 is 5.32 Å². The van der Waals surface area contributed by atoms with Gasteiger partial charge < -0.3 is 10.1 Å². The summed E-state index contributed by atoms with van der Waals surface area (Å²) in [7, 11) is 3.52. The minimum absolute atomic E-state index is 0.0619. The van der Waals surface area contributed by atoms with Crippen LogP contribution in [0.3, 0.4) is 0 Å². The third kappa shape index (κ3) is 3.41. The van der Waals surface area contributed by atoms with Crippen molar-refractivity contribution in [1.82, 2.24) is 5.32 Å². The number of likely N-dealkylation sites (N-methyl/N-ethyl adjacent to an activating group) is 1. The SMILES string of the molecule is CNC(Cc1cccc(F)c1Cl)C(C)(C)OC. The molecule has 0 spiro atoms. The number of rotatable bonds is 5. The van der Waals surface area contributed by atoms with Crippen LogP contribution in [0, 0.1) is 5.82 Å². The Balaban J connectivity index is 2.92. The van der Waals surface area contributed by atoms with Crippen LogP contribution in [0.2, 0.25) is 5.02 Å². The highest BCUT2D eigenvalue weighted by atomic mass is 35.5. The molecule has 0 aliphatic carbocycles. The lowest BCUT2D eigenvalue weighted by atomic mass is 9.92. The lowest BCUT2D eigenvalue weighted by molar-refractivity contribution is -0.00798. The smallest absolute Gasteiger partial charge is 0.142 e. The summed E-state index contributed by atoms with van der Waals surface area (Å²) in [6.45, 7) is 3.97. The van der Waals surface area contributed by atoms with Crippen LogP contribution in [0.25, 0.3) is 0 Å². The second kappa shape index (κ2) is 5.80. The van der Waals surface area contributed by atoms with Gasteiger partial charge >= 0.3 is 0 Å². The molecule has 1 N–H and O–H groups in total. The maximum absolute atomic E-state index is 13.3. The van der Waals surface area contributed by atoms with Crippen molar-refractivity contribution in [1.29, 1.82) is 0 Å². The summed E-state index contributed by atoms with van der Waals surface area (Å²) in [6.07, 6.45) is 0.619. The molecule has 1 unspecified atom stereocenters. The third-order valence-corrected chi connectivity index (χ3v) is 3.59. The first kappa shape index (κ1) is 14.4. The summed E-state index contributed by atoms with van der Waals surface area (Å²) < 4.78 is 18.8. The Kier molecular flexibility index (Phi) is 4.92. The van der Waals surface area contributed by atoms with Gasteiger partial charge in [-0.1, -0.05) is 23.7 Å². The minimum atomic E-state index is -0.380. The van der Waals surface area contributed by atoms with Crippen molar-refractivity contribution < 1.29 is 9.13 Å². The summed E-state index contributed by atoms with van der Waals surface area (Å²) in [5.41, 5.74) is 0.445. The largest absolute Gasteiger partial charge is 0.377 e. The van der Waals surface area contributed by atoms with E-state index >= 15 is 0 Å². The Bertz CT molecular complexity index is 382. The van der Waals surface area contributed by atoms with Crippen LogP contribution in [-0.2, 0) is 11.2 Å². The fraction of sp³-hybridized carbons (Fsp3) is 0.538. The molecular weight excluding hydrogens is 241 g/mol. The van der Waals surface area contributed by atoms with Crippen molar-refractivity contribution in [2.24, 2.45) is 0 Å². The van der Waals surface area contributed by atoms with Crippen LogP contribution in [0.1, 0.15) is 19.4 Å². The first-order valence-electron chi connectivity index (χ1n) is 5.57. The zero-order chi connectivity index (χ0) is 13.1. The number of halogens is 2. The second-order valence-electron chi connectivity index (χ2n) is 4.57. The maximum Gasteiger partial charge on any atom is 0.142 e. The van der Waals surface area contributed by atoms with E-state index in [4.69, 9.17) is 16.3 Å². The Morgan fingerprint density at radius 1 is 1.47 bits per heavy atom. The quantitative estimate of drug-likeness (QED) is 0.878. The van der Waals surface area contributed by atoms with E-state index in [0.717, 1.165) is 5.56 Å². The molecule has 0 heterocycles. The first-order valence-corrected chi connectivity index (χ1v) is 5.95. The van der Waals surface area contributed by atoms with Gasteiger partial charge in [0, 0.05) is 13.2 Å². The lowest BCUT2D eigenvalue weighted by Gasteiger charge is -2.33. The van der Waals surface area contributed by atoms with Gasteiger partial charge in [0.15, 0.2) is 0 Å². The highest BCUT2D eigenvalue weighted by molar-refractivity contribution is 6.31. The summed E-state index contributed by atoms with van der Waals surface area (Å²) in [5.74, 6) is -0.380. The third-order valence-electron chi connectivity index (χ3n) is 3.17. The van der Waals surface area contributed by atoms with E-state index in [2.05, 4.69) is 5.32 Å². The van der Waals surface area contributed by atoms with Crippen LogP contribution in [0.15, 0.2) is 18.2 Å². The lowest BCUT2D eigenvalue weighted by Crippen LogP contribution is -2.48. The average molecular weight is 260 g/mol. The van der Waals surface area contributed by atoms with Crippen molar-refractivity contribution in [3.05, 3.63) is 34.6 Å². The molecule has 1 aromatic rings. The molecule has 0 amide bonds. The van der Waals surface area contributed by atoms with E-state index in [1.807, 2.05) is 27.0 Å². The molecule has 0 saturated carbocycles. The van der Waals surface area contributed by atoms with E-state index in [1.54, 1.807) is 13.2 Å². The van der Waals surface area contributed by atoms with Crippen LogP contribution >= 0.6 is 11.6 Å². The van der Waals surface area contributed by atoms with E-state index < -0.39 is 0 Å². The molecule has 0 aliphatic heterocycles. The van der Waals surface area contributed by atoms with E-state index in [1.165, 1.54) is 6.07 Å². The molecule has 1 rings (SSSR count). The van der Waals surface area contributed by atoms with Crippen molar-refractivity contribution in [2.75, 3.05) is 14.2 Å². The van der Waals surface area contributed by atoms with E-state index in [0.29, 0.717) is 6.42 Å². The van der Waals surface area contributed by atoms with Gasteiger partial charge in [-0.3, -0.25) is 0 Å². The first-order chi connectivity index (χ1) is 7.92. The van der Waals surface area contributed by atoms with E-state index in [-0.39, 0.29) is 22.5 Å². The van der Waals surface area contributed by atoms with Crippen LogP contribution in [-0.4, -0.2) is 25.8 Å². The number of methoxy groups -OCH3 is 1. The van der Waals surface area contributed by atoms with Crippen LogP contribution in [0.5, 0.6) is 0 Å². The Hall–Kier alpha value is -0.640. The summed E-state index contributed by atoms with van der Waals surface area (Å²) in [6, 6.07) is 4.93. The molecule has 96 valence electrons. The topological polar surface area (TPSA) is 21.3 Å². The minimum Gasteiger partial charge on any atom is -0.377 e. The van der Waals surface area contributed by atoms with Crippen molar-refractivity contribution in [3.63, 3.8) is 0 Å². The van der Waals surface area contributed by atoms with Crippen LogP contribution in [0.4, 0.5) is 4.39 Å². The van der Waals surface area contributed by atoms with E-state index in [9.17, 15) is 4.39 Å². The molecule has 0 fully saturated rings. The van der Waals surface area contributed by atoms with Gasteiger partial charge in [-0.25, -0.2) is 4.39 Å². The Labute approximate surface area is 107 Å². The number of ether oxygens (including phenoxy) is 1. The zero-order valence-electron chi connectivity index (χ0n) is 10.7. The number of hydrogen-bond donors (Lipinski definition) is 1. The highest BCUT2D eigenvalue weighted by Gasteiger charge is 2.28. The van der Waals surface area contributed by atoms with Gasteiger partial charge in [-0.05, 0) is 38.9 Å². The molecule has 0 radical (unpaired) electrons. The fourth-order valence-electron chi connectivity index (χ4n) is 1.76. The van der Waals surface area contributed by atoms with Gasteiger partial charge in [-0.2, -0.15) is 0 Å². The standard InChI is InChI=1S/C13H19ClFNO/c1-13(2,17-4)11(16-3)8-9-6-5-7-10(15)12(9)14/h5-7,11,16H,8H2,1-4H3. The van der Waals surface area contributed by atoms with Crippen molar-refractivity contribution >= 4 is 11.6 Å². The molecule has 0 bridgehead atoms. The van der Waals surface area contributed by atoms with Crippen molar-refractivity contribution in [2.45, 2.75) is 31.9 Å². The molecule has 0 aliphatic rings. The highest BCUT2D eigenvalue weighted by Crippen LogP contribution is 2.24. The monoisotopic (exact) mass is 259 g/mol. The molecule has 1 aromatic carbocycles. The summed E-state index contributed by atoms with van der Waals surface area (Å²) in [4.78, 5) is 0. The molecule has 17 heavy (non-hydrogen) atoms.